The third-order valence-corrected chi connectivity index (χ3v) is 4.69. The van der Waals surface area contributed by atoms with Gasteiger partial charge in [0.2, 0.25) is 5.43 Å². The number of nitrogens with zero attached hydrogens (tertiary/aromatic N) is 4. The first kappa shape index (κ1) is 19.5. The molecule has 0 aliphatic carbocycles. The van der Waals surface area contributed by atoms with Crippen molar-refractivity contribution in [2.24, 2.45) is 0 Å². The quantitative estimate of drug-likeness (QED) is 0.541. The number of nitrogens with one attached hydrogen (secondary N) is 1. The van der Waals surface area contributed by atoms with E-state index in [0.717, 1.165) is 0 Å². The minimum atomic E-state index is -0.725. The molecule has 0 unspecified atom stereocenters. The van der Waals surface area contributed by atoms with E-state index in [0.29, 0.717) is 22.1 Å². The summed E-state index contributed by atoms with van der Waals surface area (Å²) in [5.41, 5.74) is 0.666. The topological polar surface area (TPSA) is 81.8 Å². The highest BCUT2D eigenvalue weighted by Crippen LogP contribution is 2.24. The van der Waals surface area contributed by atoms with Gasteiger partial charge in [-0.15, -0.1) is 0 Å². The first-order valence-electron chi connectivity index (χ1n) is 8.89. The minimum Gasteiger partial charge on any atom is -0.320 e. The van der Waals surface area contributed by atoms with Crippen LogP contribution in [0.15, 0.2) is 72.0 Å². The van der Waals surface area contributed by atoms with Gasteiger partial charge in [0.25, 0.3) is 5.91 Å². The Bertz CT molecular complexity index is 1300. The lowest BCUT2D eigenvalue weighted by atomic mass is 10.2. The summed E-state index contributed by atoms with van der Waals surface area (Å²) in [7, 11) is 0. The molecule has 1 N–H and O–H groups in total. The molecule has 2 aromatic heterocycles. The maximum atomic E-state index is 14.2. The Morgan fingerprint density at radius 1 is 1.13 bits per heavy atom. The fourth-order valence-corrected chi connectivity index (χ4v) is 3.24. The van der Waals surface area contributed by atoms with Crippen molar-refractivity contribution in [3.8, 4) is 11.4 Å². The number of hydrogen-bond acceptors (Lipinski definition) is 4. The zero-order chi connectivity index (χ0) is 21.3. The lowest BCUT2D eigenvalue weighted by Crippen LogP contribution is -2.27. The largest absolute Gasteiger partial charge is 0.320 e. The molecule has 0 fully saturated rings. The van der Waals surface area contributed by atoms with E-state index in [1.165, 1.54) is 22.9 Å². The van der Waals surface area contributed by atoms with E-state index in [-0.39, 0.29) is 11.4 Å². The van der Waals surface area contributed by atoms with Crippen LogP contribution in [-0.2, 0) is 0 Å². The molecular weight excluding hydrogens is 409 g/mol. The lowest BCUT2D eigenvalue weighted by molar-refractivity contribution is 0.101. The second-order valence-electron chi connectivity index (χ2n) is 6.45. The Hall–Kier alpha value is -3.78. The number of imidazole rings is 1. The van der Waals surface area contributed by atoms with Crippen molar-refractivity contribution in [2.75, 3.05) is 5.32 Å². The van der Waals surface area contributed by atoms with E-state index in [2.05, 4.69) is 15.4 Å². The lowest BCUT2D eigenvalue weighted by Gasteiger charge is -2.12. The molecule has 30 heavy (non-hydrogen) atoms. The molecular formula is C21H15ClFN5O2. The summed E-state index contributed by atoms with van der Waals surface area (Å²) in [5, 5.41) is 7.07. The average Bonchev–Trinajstić information content (AvgIpc) is 3.23. The molecule has 2 heterocycles. The van der Waals surface area contributed by atoms with Crippen molar-refractivity contribution in [3.05, 3.63) is 99.7 Å². The first-order chi connectivity index (χ1) is 14.4. The van der Waals surface area contributed by atoms with E-state index in [9.17, 15) is 14.0 Å². The number of anilines is 1. The van der Waals surface area contributed by atoms with Crippen molar-refractivity contribution in [2.45, 2.75) is 6.92 Å². The van der Waals surface area contributed by atoms with Gasteiger partial charge in [0.1, 0.15) is 11.5 Å². The summed E-state index contributed by atoms with van der Waals surface area (Å²) >= 11 is 6.30. The van der Waals surface area contributed by atoms with Crippen LogP contribution in [0.4, 0.5) is 10.1 Å². The van der Waals surface area contributed by atoms with Crippen LogP contribution in [0.1, 0.15) is 16.2 Å². The average molecular weight is 424 g/mol. The van der Waals surface area contributed by atoms with Crippen LogP contribution in [0.2, 0.25) is 5.02 Å². The maximum Gasteiger partial charge on any atom is 0.280 e. The van der Waals surface area contributed by atoms with E-state index < -0.39 is 17.2 Å². The number of rotatable bonds is 4. The predicted molar refractivity (Wildman–Crippen MR) is 111 cm³/mol. The number of aromatic nitrogens is 4. The second-order valence-corrected chi connectivity index (χ2v) is 6.86. The molecule has 2 aromatic carbocycles. The summed E-state index contributed by atoms with van der Waals surface area (Å²) in [6.45, 7) is 1.61. The fraction of sp³-hybridized carbons (Fsp3) is 0.0476. The van der Waals surface area contributed by atoms with Gasteiger partial charge >= 0.3 is 0 Å². The van der Waals surface area contributed by atoms with Crippen LogP contribution in [0, 0.1) is 12.7 Å². The summed E-state index contributed by atoms with van der Waals surface area (Å²) in [4.78, 5) is 29.0. The highest BCUT2D eigenvalue weighted by atomic mass is 35.5. The molecule has 150 valence electrons. The van der Waals surface area contributed by atoms with Crippen LogP contribution in [0.5, 0.6) is 0 Å². The number of hydrogen-bond donors (Lipinski definition) is 1. The molecule has 0 radical (unpaired) electrons. The molecule has 1 amide bonds. The van der Waals surface area contributed by atoms with Crippen molar-refractivity contribution >= 4 is 23.2 Å². The third-order valence-electron chi connectivity index (χ3n) is 4.39. The Morgan fingerprint density at radius 2 is 1.93 bits per heavy atom. The number of carbonyl (C=O) groups excluding carboxylic acids is 1. The Balaban J connectivity index is 1.66. The Morgan fingerprint density at radius 3 is 2.63 bits per heavy atom. The first-order valence-corrected chi connectivity index (χ1v) is 9.27. The summed E-state index contributed by atoms with van der Waals surface area (Å²) in [5.74, 6) is -1.25. The monoisotopic (exact) mass is 423 g/mol. The Labute approximate surface area is 175 Å². The molecule has 4 aromatic rings. The molecule has 0 atom stereocenters. The zero-order valence-corrected chi connectivity index (χ0v) is 16.5. The summed E-state index contributed by atoms with van der Waals surface area (Å²) in [6.07, 6.45) is 4.96. The number of aryl methyl sites for hydroxylation is 1. The number of amides is 1. The Kier molecular flexibility index (Phi) is 5.16. The summed E-state index contributed by atoms with van der Waals surface area (Å²) < 4.78 is 17.1. The van der Waals surface area contributed by atoms with Crippen LogP contribution in [-0.4, -0.2) is 25.2 Å². The van der Waals surface area contributed by atoms with E-state index in [4.69, 9.17) is 11.6 Å². The second kappa shape index (κ2) is 7.92. The number of para-hydroxylation sites is 1. The van der Waals surface area contributed by atoms with Gasteiger partial charge in [-0.25, -0.2) is 14.1 Å². The SMILES string of the molecule is Cc1cc(=O)c(C(=O)Nc2ccc(-n3ccnc3)c(Cl)c2)nn1-c1ccccc1F. The van der Waals surface area contributed by atoms with Gasteiger partial charge in [0.05, 0.1) is 17.0 Å². The highest BCUT2D eigenvalue weighted by molar-refractivity contribution is 6.32. The van der Waals surface area contributed by atoms with E-state index in [1.54, 1.807) is 60.5 Å². The standard InChI is InChI=1S/C21H15ClFN5O2/c1-13-10-19(29)20(26-28(13)18-5-3-2-4-16(18)23)21(30)25-14-6-7-17(15(22)11-14)27-9-8-24-12-27/h2-12H,1H3,(H,25,30). The van der Waals surface area contributed by atoms with Gasteiger partial charge in [0, 0.05) is 29.8 Å². The molecule has 0 bridgehead atoms. The molecule has 0 spiro atoms. The van der Waals surface area contributed by atoms with Crippen LogP contribution in [0.3, 0.4) is 0 Å². The molecule has 0 aliphatic rings. The number of benzene rings is 2. The fourth-order valence-electron chi connectivity index (χ4n) is 2.96. The molecule has 4 rings (SSSR count). The molecule has 0 aliphatic heterocycles. The van der Waals surface area contributed by atoms with E-state index in [1.807, 2.05) is 0 Å². The molecule has 0 saturated heterocycles. The van der Waals surface area contributed by atoms with E-state index >= 15 is 0 Å². The highest BCUT2D eigenvalue weighted by Gasteiger charge is 2.17. The minimum absolute atomic E-state index is 0.136. The van der Waals surface area contributed by atoms with Crippen LogP contribution >= 0.6 is 11.6 Å². The summed E-state index contributed by atoms with van der Waals surface area (Å²) in [6, 6.07) is 12.1. The van der Waals surface area contributed by atoms with Gasteiger partial charge in [0.15, 0.2) is 5.69 Å². The van der Waals surface area contributed by atoms with Crippen molar-refractivity contribution in [1.82, 2.24) is 19.3 Å². The maximum absolute atomic E-state index is 14.2. The normalized spacial score (nSPS) is 10.8. The van der Waals surface area contributed by atoms with Crippen LogP contribution < -0.4 is 10.7 Å². The zero-order valence-electron chi connectivity index (χ0n) is 15.7. The molecule has 9 heteroatoms. The number of carbonyl (C=O) groups is 1. The third kappa shape index (κ3) is 3.72. The van der Waals surface area contributed by atoms with Gasteiger partial charge in [-0.1, -0.05) is 23.7 Å². The van der Waals surface area contributed by atoms with Gasteiger partial charge < -0.3 is 9.88 Å². The van der Waals surface area contributed by atoms with Gasteiger partial charge in [-0.2, -0.15) is 5.10 Å². The predicted octanol–water partition coefficient (Wildman–Crippen LogP) is 3.77. The van der Waals surface area contributed by atoms with Gasteiger partial charge in [-0.3, -0.25) is 9.59 Å². The smallest absolute Gasteiger partial charge is 0.280 e. The van der Waals surface area contributed by atoms with Crippen LogP contribution in [0.25, 0.3) is 11.4 Å². The van der Waals surface area contributed by atoms with Crippen molar-refractivity contribution in [3.63, 3.8) is 0 Å². The number of halogens is 2. The van der Waals surface area contributed by atoms with Crippen molar-refractivity contribution < 1.29 is 9.18 Å². The van der Waals surface area contributed by atoms with Gasteiger partial charge in [-0.05, 0) is 37.3 Å². The molecule has 7 nitrogen and oxygen atoms in total. The molecule has 0 saturated carbocycles. The van der Waals surface area contributed by atoms with Crippen molar-refractivity contribution in [1.29, 1.82) is 0 Å².